The first kappa shape index (κ1) is 21.8. The van der Waals surface area contributed by atoms with Gasteiger partial charge in [0.1, 0.15) is 4.32 Å². The van der Waals surface area contributed by atoms with E-state index in [9.17, 15) is 9.59 Å². The van der Waals surface area contributed by atoms with Crippen LogP contribution in [0, 0.1) is 5.92 Å². The van der Waals surface area contributed by atoms with Crippen molar-refractivity contribution in [1.82, 2.24) is 9.80 Å². The monoisotopic (exact) mass is 433 g/mol. The third kappa shape index (κ3) is 5.38. The molecule has 29 heavy (non-hydrogen) atoms. The maximum atomic E-state index is 12.9. The highest BCUT2D eigenvalue weighted by molar-refractivity contribution is 8.26. The van der Waals surface area contributed by atoms with E-state index in [0.29, 0.717) is 22.5 Å². The van der Waals surface area contributed by atoms with E-state index in [1.807, 2.05) is 56.3 Å². The van der Waals surface area contributed by atoms with Crippen molar-refractivity contribution in [2.75, 3.05) is 45.4 Å². The summed E-state index contributed by atoms with van der Waals surface area (Å²) in [4.78, 5) is 31.3. The Morgan fingerprint density at radius 1 is 1.28 bits per heavy atom. The van der Waals surface area contributed by atoms with Gasteiger partial charge in [0, 0.05) is 32.9 Å². The lowest BCUT2D eigenvalue weighted by Crippen LogP contribution is -2.45. The van der Waals surface area contributed by atoms with Gasteiger partial charge in [-0.25, -0.2) is 0 Å². The van der Waals surface area contributed by atoms with Crippen LogP contribution < -0.4 is 4.90 Å². The topological polar surface area (TPSA) is 53.1 Å². The average Bonchev–Trinajstić information content (AvgIpc) is 2.96. The Balaban J connectivity index is 1.59. The molecule has 2 aliphatic rings. The smallest absolute Gasteiger partial charge is 0.309 e. The number of nitrogens with zero attached hydrogens (tertiary/aromatic N) is 3. The van der Waals surface area contributed by atoms with E-state index in [4.69, 9.17) is 17.0 Å². The highest BCUT2D eigenvalue weighted by atomic mass is 32.2. The summed E-state index contributed by atoms with van der Waals surface area (Å²) in [7, 11) is 3.99. The number of thiocarbonyl (C=S) groups is 1. The number of rotatable bonds is 6. The van der Waals surface area contributed by atoms with Crippen LogP contribution in [0.4, 0.5) is 5.69 Å². The second-order valence-corrected chi connectivity index (χ2v) is 9.06. The molecule has 0 saturated carbocycles. The number of piperidine rings is 1. The molecule has 0 N–H and O–H groups in total. The van der Waals surface area contributed by atoms with Crippen molar-refractivity contribution in [2.45, 2.75) is 19.8 Å². The molecule has 8 heteroatoms. The standard InChI is InChI=1S/C21H27N3O3S2/c1-4-27-20(26)16-9-11-23(12-10-16)14-24-19(25)18(29-21(24)28)13-15-5-7-17(8-6-15)22(2)3/h5-8,13,16H,4,9-12,14H2,1-3H3/b18-13-. The van der Waals surface area contributed by atoms with Crippen LogP contribution in [-0.2, 0) is 14.3 Å². The second-order valence-electron chi connectivity index (χ2n) is 7.38. The van der Waals surface area contributed by atoms with Crippen LogP contribution in [0.5, 0.6) is 0 Å². The van der Waals surface area contributed by atoms with Crippen LogP contribution >= 0.6 is 24.0 Å². The molecule has 0 atom stereocenters. The van der Waals surface area contributed by atoms with Crippen LogP contribution in [0.2, 0.25) is 0 Å². The predicted molar refractivity (Wildman–Crippen MR) is 122 cm³/mol. The van der Waals surface area contributed by atoms with Gasteiger partial charge in [-0.05, 0) is 43.5 Å². The molecule has 2 fully saturated rings. The first-order chi connectivity index (χ1) is 13.9. The summed E-state index contributed by atoms with van der Waals surface area (Å²) < 4.78 is 5.70. The van der Waals surface area contributed by atoms with Crippen molar-refractivity contribution in [3.05, 3.63) is 34.7 Å². The van der Waals surface area contributed by atoms with E-state index < -0.39 is 0 Å². The van der Waals surface area contributed by atoms with Gasteiger partial charge in [-0.3, -0.25) is 19.4 Å². The molecular weight excluding hydrogens is 406 g/mol. The fourth-order valence-electron chi connectivity index (χ4n) is 3.41. The van der Waals surface area contributed by atoms with E-state index in [1.54, 1.807) is 4.90 Å². The first-order valence-electron chi connectivity index (χ1n) is 9.80. The number of hydrogen-bond acceptors (Lipinski definition) is 7. The molecule has 2 saturated heterocycles. The summed E-state index contributed by atoms with van der Waals surface area (Å²) in [5, 5.41) is 0. The number of benzene rings is 1. The number of ether oxygens (including phenoxy) is 1. The Kier molecular flexibility index (Phi) is 7.32. The zero-order valence-corrected chi connectivity index (χ0v) is 18.7. The van der Waals surface area contributed by atoms with Crippen molar-refractivity contribution in [1.29, 1.82) is 0 Å². The fraction of sp³-hybridized carbons (Fsp3) is 0.476. The molecule has 0 bridgehead atoms. The normalized spacial score (nSPS) is 19.8. The van der Waals surface area contributed by atoms with E-state index in [-0.39, 0.29) is 17.8 Å². The number of carbonyl (C=O) groups is 2. The molecule has 1 aromatic carbocycles. The Bertz CT molecular complexity index is 800. The molecule has 156 valence electrons. The third-order valence-electron chi connectivity index (χ3n) is 5.13. The number of hydrogen-bond donors (Lipinski definition) is 0. The quantitative estimate of drug-likeness (QED) is 0.388. The molecule has 0 aliphatic carbocycles. The molecule has 1 amide bonds. The highest BCUT2D eigenvalue weighted by Gasteiger charge is 2.34. The van der Waals surface area contributed by atoms with Gasteiger partial charge in [0.05, 0.1) is 24.1 Å². The number of esters is 1. The minimum atomic E-state index is -0.110. The number of amides is 1. The van der Waals surface area contributed by atoms with Gasteiger partial charge in [0.15, 0.2) is 0 Å². The second kappa shape index (κ2) is 9.73. The van der Waals surface area contributed by atoms with Gasteiger partial charge in [-0.2, -0.15) is 0 Å². The van der Waals surface area contributed by atoms with Crippen LogP contribution in [0.15, 0.2) is 29.2 Å². The predicted octanol–water partition coefficient (Wildman–Crippen LogP) is 3.19. The van der Waals surface area contributed by atoms with E-state index in [2.05, 4.69) is 4.90 Å². The summed E-state index contributed by atoms with van der Waals surface area (Å²) in [6, 6.07) is 8.06. The SMILES string of the molecule is CCOC(=O)C1CCN(CN2C(=O)/C(=C/c3ccc(N(C)C)cc3)SC2=S)CC1. The lowest BCUT2D eigenvalue weighted by molar-refractivity contribution is -0.150. The van der Waals surface area contributed by atoms with Gasteiger partial charge >= 0.3 is 5.97 Å². The molecule has 3 rings (SSSR count). The molecule has 0 radical (unpaired) electrons. The zero-order valence-electron chi connectivity index (χ0n) is 17.1. The molecule has 6 nitrogen and oxygen atoms in total. The lowest BCUT2D eigenvalue weighted by atomic mass is 9.97. The largest absolute Gasteiger partial charge is 0.466 e. The van der Waals surface area contributed by atoms with Gasteiger partial charge in [-0.15, -0.1) is 0 Å². The van der Waals surface area contributed by atoms with E-state index in [0.717, 1.165) is 37.2 Å². The zero-order chi connectivity index (χ0) is 21.0. The maximum absolute atomic E-state index is 12.9. The average molecular weight is 434 g/mol. The third-order valence-corrected chi connectivity index (χ3v) is 6.51. The van der Waals surface area contributed by atoms with Crippen molar-refractivity contribution < 1.29 is 14.3 Å². The van der Waals surface area contributed by atoms with Crippen LogP contribution in [0.25, 0.3) is 6.08 Å². The Morgan fingerprint density at radius 3 is 2.52 bits per heavy atom. The van der Waals surface area contributed by atoms with Crippen LogP contribution in [0.1, 0.15) is 25.3 Å². The molecule has 0 aromatic heterocycles. The maximum Gasteiger partial charge on any atom is 0.309 e. The number of thioether (sulfide) groups is 1. The first-order valence-corrected chi connectivity index (χ1v) is 11.0. The highest BCUT2D eigenvalue weighted by Crippen LogP contribution is 2.33. The van der Waals surface area contributed by atoms with Gasteiger partial charge in [0.25, 0.3) is 5.91 Å². The summed E-state index contributed by atoms with van der Waals surface area (Å²) in [5.41, 5.74) is 2.09. The summed E-state index contributed by atoms with van der Waals surface area (Å²) in [6.07, 6.45) is 3.40. The molecule has 1 aromatic rings. The molecule has 2 heterocycles. The summed E-state index contributed by atoms with van der Waals surface area (Å²) in [5.74, 6) is -0.201. The Hall–Kier alpha value is -1.90. The minimum Gasteiger partial charge on any atom is -0.466 e. The Morgan fingerprint density at radius 2 is 1.93 bits per heavy atom. The molecular formula is C21H27N3O3S2. The van der Waals surface area contributed by atoms with Crippen molar-refractivity contribution in [3.63, 3.8) is 0 Å². The molecule has 0 spiro atoms. The van der Waals surface area contributed by atoms with Gasteiger partial charge in [-0.1, -0.05) is 36.1 Å². The van der Waals surface area contributed by atoms with Crippen molar-refractivity contribution >= 4 is 51.9 Å². The minimum absolute atomic E-state index is 0.0394. The lowest BCUT2D eigenvalue weighted by Gasteiger charge is -2.33. The van der Waals surface area contributed by atoms with Gasteiger partial charge in [0.2, 0.25) is 0 Å². The Labute approximate surface area is 181 Å². The van der Waals surface area contributed by atoms with E-state index in [1.165, 1.54) is 11.8 Å². The van der Waals surface area contributed by atoms with Crippen LogP contribution in [-0.4, -0.2) is 66.5 Å². The number of likely N-dealkylation sites (tertiary alicyclic amines) is 1. The summed E-state index contributed by atoms with van der Waals surface area (Å²) in [6.45, 7) is 4.22. The van der Waals surface area contributed by atoms with E-state index >= 15 is 0 Å². The molecule has 2 aliphatic heterocycles. The number of anilines is 1. The number of carbonyl (C=O) groups excluding carboxylic acids is 2. The fourth-order valence-corrected chi connectivity index (χ4v) is 4.65. The van der Waals surface area contributed by atoms with Gasteiger partial charge < -0.3 is 9.64 Å². The van der Waals surface area contributed by atoms with Crippen LogP contribution in [0.3, 0.4) is 0 Å². The molecule has 0 unspecified atom stereocenters. The van der Waals surface area contributed by atoms with Crippen molar-refractivity contribution in [3.8, 4) is 0 Å². The van der Waals surface area contributed by atoms with Crippen molar-refractivity contribution in [2.24, 2.45) is 5.92 Å². The summed E-state index contributed by atoms with van der Waals surface area (Å²) >= 11 is 6.80.